The summed E-state index contributed by atoms with van der Waals surface area (Å²) >= 11 is 12.0. The first-order valence-electron chi connectivity index (χ1n) is 6.13. The molecule has 0 aromatic heterocycles. The Balaban J connectivity index is 2.04. The predicted molar refractivity (Wildman–Crippen MR) is 79.0 cm³/mol. The highest BCUT2D eigenvalue weighted by Gasteiger charge is 2.31. The summed E-state index contributed by atoms with van der Waals surface area (Å²) in [5.74, 6) is 0.385. The number of urea groups is 1. The van der Waals surface area contributed by atoms with Crippen LogP contribution < -0.4 is 15.4 Å². The van der Waals surface area contributed by atoms with Crippen LogP contribution in [-0.4, -0.2) is 31.9 Å². The van der Waals surface area contributed by atoms with Gasteiger partial charge in [0.1, 0.15) is 0 Å². The van der Waals surface area contributed by atoms with Gasteiger partial charge in [0, 0.05) is 12.3 Å². The van der Waals surface area contributed by atoms with Crippen LogP contribution in [0.3, 0.4) is 0 Å². The van der Waals surface area contributed by atoms with Crippen LogP contribution in [-0.2, 0) is 4.74 Å². The number of carbonyl (C=O) groups is 1. The van der Waals surface area contributed by atoms with E-state index in [-0.39, 0.29) is 11.6 Å². The third-order valence-corrected chi connectivity index (χ3v) is 3.66. The molecule has 1 aliphatic heterocycles. The van der Waals surface area contributed by atoms with Crippen molar-refractivity contribution in [2.45, 2.75) is 18.9 Å². The maximum Gasteiger partial charge on any atom is 0.319 e. The second-order valence-corrected chi connectivity index (χ2v) is 5.73. The van der Waals surface area contributed by atoms with E-state index >= 15 is 0 Å². The van der Waals surface area contributed by atoms with Gasteiger partial charge in [0.2, 0.25) is 0 Å². The molecule has 2 N–H and O–H groups in total. The van der Waals surface area contributed by atoms with Gasteiger partial charge in [-0.05, 0) is 25.5 Å². The van der Waals surface area contributed by atoms with Crippen LogP contribution in [0, 0.1) is 0 Å². The van der Waals surface area contributed by atoms with Crippen LogP contribution in [0.1, 0.15) is 13.3 Å². The Morgan fingerprint density at radius 3 is 2.55 bits per heavy atom. The molecule has 0 spiro atoms. The Morgan fingerprint density at radius 1 is 1.40 bits per heavy atom. The van der Waals surface area contributed by atoms with Gasteiger partial charge in [0.15, 0.2) is 5.75 Å². The lowest BCUT2D eigenvalue weighted by atomic mass is 10.0. The molecule has 0 aliphatic carbocycles. The number of benzene rings is 1. The summed E-state index contributed by atoms with van der Waals surface area (Å²) in [5.41, 5.74) is 0.158. The van der Waals surface area contributed by atoms with Crippen LogP contribution in [0.25, 0.3) is 0 Å². The number of rotatable bonds is 3. The van der Waals surface area contributed by atoms with Crippen LogP contribution in [0.15, 0.2) is 12.1 Å². The van der Waals surface area contributed by atoms with Gasteiger partial charge in [0.05, 0.1) is 29.3 Å². The number of hydrogen-bond acceptors (Lipinski definition) is 3. The molecule has 0 saturated carbocycles. The van der Waals surface area contributed by atoms with Gasteiger partial charge in [-0.1, -0.05) is 23.2 Å². The summed E-state index contributed by atoms with van der Waals surface area (Å²) in [6.07, 6.45) is 0.782. The molecular weight excluding hydrogens is 303 g/mol. The van der Waals surface area contributed by atoms with E-state index in [1.54, 1.807) is 12.1 Å². The monoisotopic (exact) mass is 318 g/mol. The molecule has 1 aromatic rings. The van der Waals surface area contributed by atoms with Crippen molar-refractivity contribution < 1.29 is 14.3 Å². The van der Waals surface area contributed by atoms with E-state index in [9.17, 15) is 4.79 Å². The summed E-state index contributed by atoms with van der Waals surface area (Å²) in [4.78, 5) is 12.0. The number of amides is 2. The van der Waals surface area contributed by atoms with Crippen LogP contribution in [0.4, 0.5) is 10.5 Å². The Kier molecular flexibility index (Phi) is 4.62. The molecule has 20 heavy (non-hydrogen) atoms. The number of carbonyl (C=O) groups excluding carboxylic acids is 1. The third-order valence-electron chi connectivity index (χ3n) is 3.09. The zero-order valence-corrected chi connectivity index (χ0v) is 12.8. The zero-order chi connectivity index (χ0) is 14.8. The summed E-state index contributed by atoms with van der Waals surface area (Å²) in [6, 6.07) is 2.84. The molecular formula is C13H16Cl2N2O3. The summed E-state index contributed by atoms with van der Waals surface area (Å²) in [5, 5.41) is 6.25. The Hall–Kier alpha value is -1.17. The van der Waals surface area contributed by atoms with E-state index < -0.39 is 0 Å². The van der Waals surface area contributed by atoms with Crippen LogP contribution in [0.2, 0.25) is 10.0 Å². The molecule has 7 heteroatoms. The van der Waals surface area contributed by atoms with Gasteiger partial charge >= 0.3 is 6.03 Å². The number of halogens is 2. The maximum absolute atomic E-state index is 12.0. The standard InChI is InChI=1S/C13H16Cl2N2O3/c1-13(3-4-20-7-13)17-12(18)16-8-5-9(14)11(19-2)10(15)6-8/h5-6H,3-4,7H2,1-2H3,(H2,16,17,18). The molecule has 1 aliphatic rings. The SMILES string of the molecule is COc1c(Cl)cc(NC(=O)NC2(C)CCOC2)cc1Cl. The summed E-state index contributed by atoms with van der Waals surface area (Å²) < 4.78 is 10.3. The molecule has 2 rings (SSSR count). The smallest absolute Gasteiger partial charge is 0.319 e. The minimum absolute atomic E-state index is 0.324. The van der Waals surface area contributed by atoms with Crippen molar-refractivity contribution >= 4 is 34.9 Å². The van der Waals surface area contributed by atoms with E-state index in [2.05, 4.69) is 10.6 Å². The van der Waals surface area contributed by atoms with E-state index in [4.69, 9.17) is 32.7 Å². The molecule has 1 heterocycles. The minimum Gasteiger partial charge on any atom is -0.494 e. The van der Waals surface area contributed by atoms with Crippen molar-refractivity contribution in [2.75, 3.05) is 25.6 Å². The van der Waals surface area contributed by atoms with E-state index in [1.807, 2.05) is 6.92 Å². The fourth-order valence-electron chi connectivity index (χ4n) is 2.03. The lowest BCUT2D eigenvalue weighted by Crippen LogP contribution is -2.48. The summed E-state index contributed by atoms with van der Waals surface area (Å²) in [7, 11) is 1.48. The number of hydrogen-bond donors (Lipinski definition) is 2. The Labute approximate surface area is 127 Å². The maximum atomic E-state index is 12.0. The molecule has 1 saturated heterocycles. The molecule has 2 amide bonds. The lowest BCUT2D eigenvalue weighted by Gasteiger charge is -2.23. The molecule has 1 aromatic carbocycles. The summed E-state index contributed by atoms with van der Waals surface area (Å²) in [6.45, 7) is 3.09. The van der Waals surface area contributed by atoms with Crippen molar-refractivity contribution in [3.05, 3.63) is 22.2 Å². The molecule has 110 valence electrons. The molecule has 1 unspecified atom stereocenters. The van der Waals surface area contributed by atoms with Gasteiger partial charge < -0.3 is 20.1 Å². The Morgan fingerprint density at radius 2 is 2.05 bits per heavy atom. The second kappa shape index (κ2) is 6.08. The quantitative estimate of drug-likeness (QED) is 0.899. The molecule has 1 atom stereocenters. The number of nitrogens with one attached hydrogen (secondary N) is 2. The fourth-order valence-corrected chi connectivity index (χ4v) is 2.67. The highest BCUT2D eigenvalue weighted by atomic mass is 35.5. The van der Waals surface area contributed by atoms with Crippen LogP contribution >= 0.6 is 23.2 Å². The van der Waals surface area contributed by atoms with Gasteiger partial charge in [-0.2, -0.15) is 0 Å². The van der Waals surface area contributed by atoms with Gasteiger partial charge in [-0.3, -0.25) is 0 Å². The van der Waals surface area contributed by atoms with E-state index in [1.165, 1.54) is 7.11 Å². The number of methoxy groups -OCH3 is 1. The molecule has 0 bridgehead atoms. The third kappa shape index (κ3) is 3.48. The van der Waals surface area contributed by atoms with Gasteiger partial charge in [-0.15, -0.1) is 0 Å². The highest BCUT2D eigenvalue weighted by molar-refractivity contribution is 6.37. The average molecular weight is 319 g/mol. The zero-order valence-electron chi connectivity index (χ0n) is 11.3. The first-order chi connectivity index (χ1) is 9.43. The van der Waals surface area contributed by atoms with Crippen molar-refractivity contribution in [1.82, 2.24) is 5.32 Å². The van der Waals surface area contributed by atoms with Gasteiger partial charge in [-0.25, -0.2) is 4.79 Å². The normalized spacial score (nSPS) is 21.6. The van der Waals surface area contributed by atoms with Crippen LogP contribution in [0.5, 0.6) is 5.75 Å². The van der Waals surface area contributed by atoms with Gasteiger partial charge in [0.25, 0.3) is 0 Å². The predicted octanol–water partition coefficient (Wildman–Crippen LogP) is 3.30. The Bertz CT molecular complexity index is 493. The molecule has 5 nitrogen and oxygen atoms in total. The number of ether oxygens (including phenoxy) is 2. The highest BCUT2D eigenvalue weighted by Crippen LogP contribution is 2.35. The largest absolute Gasteiger partial charge is 0.494 e. The van der Waals surface area contributed by atoms with Crippen molar-refractivity contribution in [1.29, 1.82) is 0 Å². The van der Waals surface area contributed by atoms with E-state index in [0.29, 0.717) is 34.7 Å². The molecule has 1 fully saturated rings. The first kappa shape index (κ1) is 15.2. The lowest BCUT2D eigenvalue weighted by molar-refractivity contribution is 0.172. The fraction of sp³-hybridized carbons (Fsp3) is 0.462. The number of anilines is 1. The minimum atomic E-state index is -0.343. The van der Waals surface area contributed by atoms with E-state index in [0.717, 1.165) is 6.42 Å². The average Bonchev–Trinajstić information content (AvgIpc) is 2.74. The molecule has 0 radical (unpaired) electrons. The van der Waals surface area contributed by atoms with Crippen molar-refractivity contribution in [2.24, 2.45) is 0 Å². The van der Waals surface area contributed by atoms with Crippen molar-refractivity contribution in [3.63, 3.8) is 0 Å². The second-order valence-electron chi connectivity index (χ2n) is 4.92. The van der Waals surface area contributed by atoms with Crippen molar-refractivity contribution in [3.8, 4) is 5.75 Å². The topological polar surface area (TPSA) is 59.6 Å². The first-order valence-corrected chi connectivity index (χ1v) is 6.89.